The Balaban J connectivity index is 3.49. The zero-order valence-electron chi connectivity index (χ0n) is 49.4. The van der Waals surface area contributed by atoms with E-state index in [1.807, 2.05) is 6.08 Å². The van der Waals surface area contributed by atoms with Crippen LogP contribution in [-0.2, 0) is 4.79 Å². The van der Waals surface area contributed by atoms with E-state index in [4.69, 9.17) is 0 Å². The van der Waals surface area contributed by atoms with E-state index in [0.29, 0.717) is 6.42 Å². The summed E-state index contributed by atoms with van der Waals surface area (Å²) in [6.07, 6.45) is 91.5. The molecule has 0 saturated heterocycles. The number of unbranched alkanes of at least 4 members (excludes halogenated alkanes) is 46. The highest BCUT2D eigenvalue weighted by atomic mass is 16.3. The Morgan fingerprint density at radius 2 is 0.575 bits per heavy atom. The fraction of sp³-hybridized carbons (Fsp3) is 0.841. The molecular formula is C69H129NO3. The molecule has 0 aliphatic carbocycles. The van der Waals surface area contributed by atoms with E-state index in [9.17, 15) is 15.0 Å². The van der Waals surface area contributed by atoms with Crippen LogP contribution in [-0.4, -0.2) is 34.9 Å². The van der Waals surface area contributed by atoms with Crippen LogP contribution < -0.4 is 5.32 Å². The molecular weight excluding hydrogens is 891 g/mol. The van der Waals surface area contributed by atoms with Crippen molar-refractivity contribution in [3.05, 3.63) is 60.8 Å². The van der Waals surface area contributed by atoms with Crippen LogP contribution in [0.5, 0.6) is 0 Å². The van der Waals surface area contributed by atoms with E-state index in [1.54, 1.807) is 6.08 Å². The molecule has 0 bridgehead atoms. The number of hydrogen-bond acceptors (Lipinski definition) is 3. The van der Waals surface area contributed by atoms with E-state index in [0.717, 1.165) is 44.9 Å². The first-order chi connectivity index (χ1) is 36.2. The van der Waals surface area contributed by atoms with Crippen molar-refractivity contribution in [1.29, 1.82) is 0 Å². The number of allylic oxidation sites excluding steroid dienone is 9. The number of nitrogens with one attached hydrogen (secondary N) is 1. The number of carbonyl (C=O) groups excluding carboxylic acids is 1. The summed E-state index contributed by atoms with van der Waals surface area (Å²) in [7, 11) is 0. The zero-order chi connectivity index (χ0) is 52.7. The lowest BCUT2D eigenvalue weighted by Gasteiger charge is -2.19. The van der Waals surface area contributed by atoms with Crippen LogP contribution in [0, 0.1) is 0 Å². The minimum atomic E-state index is -0.873. The molecule has 0 aromatic heterocycles. The Kier molecular flexibility index (Phi) is 62.7. The SMILES string of the molecule is CCCCCCCCCCCCCCC/C=C\C/C=C\CCCCCCCCCCCCCCCCCCCC(=O)NC(CO)C(O)/C=C/CC/C=C/CC/C=C/CCCCCCCCCCCCCCCC. The Morgan fingerprint density at radius 1 is 0.329 bits per heavy atom. The summed E-state index contributed by atoms with van der Waals surface area (Å²) < 4.78 is 0. The lowest BCUT2D eigenvalue weighted by molar-refractivity contribution is -0.123. The fourth-order valence-electron chi connectivity index (χ4n) is 10.2. The maximum atomic E-state index is 12.5. The number of rotatable bonds is 61. The van der Waals surface area contributed by atoms with Gasteiger partial charge < -0.3 is 15.5 Å². The molecule has 428 valence electrons. The molecule has 0 heterocycles. The molecule has 1 amide bonds. The van der Waals surface area contributed by atoms with Crippen molar-refractivity contribution in [2.24, 2.45) is 0 Å². The second-order valence-electron chi connectivity index (χ2n) is 22.5. The second-order valence-corrected chi connectivity index (χ2v) is 22.5. The van der Waals surface area contributed by atoms with Crippen LogP contribution in [0.4, 0.5) is 0 Å². The Bertz CT molecular complexity index is 1200. The minimum absolute atomic E-state index is 0.0739. The van der Waals surface area contributed by atoms with Gasteiger partial charge in [-0.1, -0.05) is 331 Å². The van der Waals surface area contributed by atoms with Crippen LogP contribution in [0.2, 0.25) is 0 Å². The van der Waals surface area contributed by atoms with Gasteiger partial charge in [-0.05, 0) is 77.0 Å². The summed E-state index contributed by atoms with van der Waals surface area (Å²) in [5, 5.41) is 23.2. The molecule has 0 spiro atoms. The molecule has 0 aromatic carbocycles. The molecule has 73 heavy (non-hydrogen) atoms. The largest absolute Gasteiger partial charge is 0.394 e. The third kappa shape index (κ3) is 60.8. The summed E-state index contributed by atoms with van der Waals surface area (Å²) in [5.41, 5.74) is 0. The summed E-state index contributed by atoms with van der Waals surface area (Å²) in [4.78, 5) is 12.5. The van der Waals surface area contributed by atoms with Gasteiger partial charge in [0.25, 0.3) is 0 Å². The second kappa shape index (κ2) is 64.4. The topological polar surface area (TPSA) is 69.6 Å². The monoisotopic (exact) mass is 1020 g/mol. The molecule has 2 unspecified atom stereocenters. The van der Waals surface area contributed by atoms with E-state index < -0.39 is 12.1 Å². The van der Waals surface area contributed by atoms with E-state index in [-0.39, 0.29) is 12.5 Å². The Labute approximate surface area is 457 Å². The van der Waals surface area contributed by atoms with Gasteiger partial charge in [0.05, 0.1) is 18.8 Å². The first kappa shape index (κ1) is 71.1. The standard InChI is InChI=1S/C69H129NO3/c1-3-5-7-9-11-13-15-17-19-21-23-25-27-29-30-31-32-33-34-35-36-37-38-39-40-41-43-45-47-49-51-53-55-57-59-61-63-65-69(73)70-67(66-71)68(72)64-62-60-58-56-54-52-50-48-46-44-42-28-26-24-22-20-18-16-14-12-10-8-6-4-2/h30-31,33-34,46,48,54,56,62,64,67-68,71-72H,3-29,32,35-45,47,49-53,55,57-61,63,65-66H2,1-2H3,(H,70,73)/b31-30-,34-33-,48-46+,56-54+,64-62+. The third-order valence-corrected chi connectivity index (χ3v) is 15.2. The van der Waals surface area contributed by atoms with E-state index >= 15 is 0 Å². The molecule has 4 nitrogen and oxygen atoms in total. The molecule has 4 heteroatoms. The van der Waals surface area contributed by atoms with Gasteiger partial charge in [-0.15, -0.1) is 0 Å². The minimum Gasteiger partial charge on any atom is -0.394 e. The first-order valence-corrected chi connectivity index (χ1v) is 33.0. The van der Waals surface area contributed by atoms with Gasteiger partial charge >= 0.3 is 0 Å². The number of hydrogen-bond donors (Lipinski definition) is 3. The highest BCUT2D eigenvalue weighted by Crippen LogP contribution is 2.18. The number of aliphatic hydroxyl groups excluding tert-OH is 2. The quantitative estimate of drug-likeness (QED) is 0.0420. The van der Waals surface area contributed by atoms with Gasteiger partial charge in [-0.2, -0.15) is 0 Å². The maximum Gasteiger partial charge on any atom is 0.220 e. The summed E-state index contributed by atoms with van der Waals surface area (Å²) >= 11 is 0. The van der Waals surface area contributed by atoms with E-state index in [1.165, 1.54) is 289 Å². The van der Waals surface area contributed by atoms with Gasteiger partial charge in [-0.3, -0.25) is 4.79 Å². The maximum absolute atomic E-state index is 12.5. The average molecular weight is 1020 g/mol. The predicted octanol–water partition coefficient (Wildman–Crippen LogP) is 22.3. The average Bonchev–Trinajstić information content (AvgIpc) is 3.40. The lowest BCUT2D eigenvalue weighted by Crippen LogP contribution is -2.45. The van der Waals surface area contributed by atoms with Crippen molar-refractivity contribution >= 4 is 5.91 Å². The number of amides is 1. The molecule has 3 N–H and O–H groups in total. The smallest absolute Gasteiger partial charge is 0.220 e. The van der Waals surface area contributed by atoms with E-state index in [2.05, 4.69) is 67.8 Å². The molecule has 2 atom stereocenters. The van der Waals surface area contributed by atoms with Crippen LogP contribution in [0.15, 0.2) is 60.8 Å². The van der Waals surface area contributed by atoms with Gasteiger partial charge in [0.1, 0.15) is 0 Å². The lowest BCUT2D eigenvalue weighted by atomic mass is 10.0. The van der Waals surface area contributed by atoms with Crippen molar-refractivity contribution in [1.82, 2.24) is 5.32 Å². The van der Waals surface area contributed by atoms with Crippen LogP contribution in [0.25, 0.3) is 0 Å². The van der Waals surface area contributed by atoms with Crippen molar-refractivity contribution in [3.8, 4) is 0 Å². The van der Waals surface area contributed by atoms with Crippen molar-refractivity contribution in [2.75, 3.05) is 6.61 Å². The molecule has 0 aliphatic heterocycles. The molecule has 0 rings (SSSR count). The predicted molar refractivity (Wildman–Crippen MR) is 327 cm³/mol. The van der Waals surface area contributed by atoms with Crippen LogP contribution >= 0.6 is 0 Å². The third-order valence-electron chi connectivity index (χ3n) is 15.2. The van der Waals surface area contributed by atoms with Crippen LogP contribution in [0.3, 0.4) is 0 Å². The normalized spacial score (nSPS) is 13.1. The van der Waals surface area contributed by atoms with Crippen LogP contribution in [0.1, 0.15) is 354 Å². The highest BCUT2D eigenvalue weighted by molar-refractivity contribution is 5.76. The molecule has 0 fully saturated rings. The van der Waals surface area contributed by atoms with Crippen molar-refractivity contribution in [3.63, 3.8) is 0 Å². The summed E-state index contributed by atoms with van der Waals surface area (Å²) in [6.45, 7) is 4.33. The summed E-state index contributed by atoms with van der Waals surface area (Å²) in [5.74, 6) is -0.0739. The summed E-state index contributed by atoms with van der Waals surface area (Å²) in [6, 6.07) is -0.648. The van der Waals surface area contributed by atoms with Crippen molar-refractivity contribution < 1.29 is 15.0 Å². The van der Waals surface area contributed by atoms with Gasteiger partial charge in [0.15, 0.2) is 0 Å². The van der Waals surface area contributed by atoms with Gasteiger partial charge in [0.2, 0.25) is 5.91 Å². The molecule has 0 aromatic rings. The molecule has 0 aliphatic rings. The first-order valence-electron chi connectivity index (χ1n) is 33.0. The van der Waals surface area contributed by atoms with Gasteiger partial charge in [0, 0.05) is 6.42 Å². The highest BCUT2D eigenvalue weighted by Gasteiger charge is 2.18. The van der Waals surface area contributed by atoms with Gasteiger partial charge in [-0.25, -0.2) is 0 Å². The van der Waals surface area contributed by atoms with Crippen molar-refractivity contribution in [2.45, 2.75) is 366 Å². The number of aliphatic hydroxyl groups is 2. The Hall–Kier alpha value is -1.91. The molecule has 0 saturated carbocycles. The fourth-order valence-corrected chi connectivity index (χ4v) is 10.2. The Morgan fingerprint density at radius 3 is 0.877 bits per heavy atom. The zero-order valence-corrected chi connectivity index (χ0v) is 49.4. The molecule has 0 radical (unpaired) electrons. The number of carbonyl (C=O) groups is 1.